The lowest BCUT2D eigenvalue weighted by Gasteiger charge is -2.09. The Hall–Kier alpha value is -3.39. The largest absolute Gasteiger partial charge is 0.323 e. The fourth-order valence-corrected chi connectivity index (χ4v) is 2.16. The Balaban J connectivity index is 1.80. The number of carbonyl (C=O) groups excluding carboxylic acids is 1. The van der Waals surface area contributed by atoms with Gasteiger partial charge in [-0.05, 0) is 30.3 Å². The second-order valence-corrected chi connectivity index (χ2v) is 4.65. The number of nitrogens with one attached hydrogen (secondary N) is 2. The molecule has 0 aliphatic heterocycles. The van der Waals surface area contributed by atoms with E-state index in [0.29, 0.717) is 16.9 Å². The monoisotopic (exact) mass is 288 g/mol. The van der Waals surface area contributed by atoms with Gasteiger partial charge in [0.2, 0.25) is 0 Å². The van der Waals surface area contributed by atoms with Crippen LogP contribution in [0.2, 0.25) is 0 Å². The number of aromatic nitrogens is 1. The number of nitrogens with zero attached hydrogens (tertiary/aromatic N) is 2. The molecule has 3 rings (SSSR count). The third-order valence-electron chi connectivity index (χ3n) is 3.13. The standard InChI is InChI=1S/C17H12N4O/c18-11-12-4-1-7-14(10-12)20-17(22)21-15-8-2-5-13-6-3-9-19-16(13)15/h1-10H,(H2,20,21,22). The lowest BCUT2D eigenvalue weighted by molar-refractivity contribution is 0.262. The third kappa shape index (κ3) is 2.86. The number of carbonyl (C=O) groups is 1. The van der Waals surface area contributed by atoms with Crippen molar-refractivity contribution in [2.24, 2.45) is 0 Å². The van der Waals surface area contributed by atoms with E-state index in [1.54, 1.807) is 36.5 Å². The van der Waals surface area contributed by atoms with Gasteiger partial charge in [-0.25, -0.2) is 4.79 Å². The lowest BCUT2D eigenvalue weighted by Crippen LogP contribution is -2.19. The van der Waals surface area contributed by atoms with Gasteiger partial charge in [0.25, 0.3) is 0 Å². The van der Waals surface area contributed by atoms with Crippen LogP contribution >= 0.6 is 0 Å². The van der Waals surface area contributed by atoms with Gasteiger partial charge in [-0.3, -0.25) is 4.98 Å². The highest BCUT2D eigenvalue weighted by Gasteiger charge is 2.07. The molecule has 0 aliphatic rings. The van der Waals surface area contributed by atoms with Gasteiger partial charge in [0.15, 0.2) is 0 Å². The Labute approximate surface area is 127 Å². The van der Waals surface area contributed by atoms with Crippen LogP contribution in [0.3, 0.4) is 0 Å². The number of urea groups is 1. The molecule has 0 saturated carbocycles. The van der Waals surface area contributed by atoms with Gasteiger partial charge < -0.3 is 10.6 Å². The van der Waals surface area contributed by atoms with E-state index in [4.69, 9.17) is 5.26 Å². The van der Waals surface area contributed by atoms with Gasteiger partial charge in [0.1, 0.15) is 0 Å². The van der Waals surface area contributed by atoms with Crippen LogP contribution in [0.1, 0.15) is 5.56 Å². The Morgan fingerprint density at radius 1 is 1.05 bits per heavy atom. The van der Waals surface area contributed by atoms with Gasteiger partial charge in [-0.1, -0.05) is 24.3 Å². The molecule has 2 amide bonds. The summed E-state index contributed by atoms with van der Waals surface area (Å²) < 4.78 is 0. The fourth-order valence-electron chi connectivity index (χ4n) is 2.16. The van der Waals surface area contributed by atoms with Crippen LogP contribution in [-0.4, -0.2) is 11.0 Å². The molecule has 0 radical (unpaired) electrons. The average Bonchev–Trinajstić information content (AvgIpc) is 2.55. The van der Waals surface area contributed by atoms with Gasteiger partial charge >= 0.3 is 6.03 Å². The third-order valence-corrected chi connectivity index (χ3v) is 3.13. The minimum absolute atomic E-state index is 0.381. The van der Waals surface area contributed by atoms with Gasteiger partial charge in [0, 0.05) is 17.3 Å². The molecule has 0 bridgehead atoms. The van der Waals surface area contributed by atoms with E-state index in [1.165, 1.54) is 0 Å². The average molecular weight is 288 g/mol. The Bertz CT molecular complexity index is 878. The molecule has 2 N–H and O–H groups in total. The van der Waals surface area contributed by atoms with Crippen LogP contribution in [0.25, 0.3) is 10.9 Å². The van der Waals surface area contributed by atoms with Crippen molar-refractivity contribution in [2.45, 2.75) is 0 Å². The Kier molecular flexibility index (Phi) is 3.67. The number of para-hydroxylation sites is 1. The zero-order chi connectivity index (χ0) is 15.4. The maximum Gasteiger partial charge on any atom is 0.323 e. The van der Waals surface area contributed by atoms with Gasteiger partial charge in [0.05, 0.1) is 22.8 Å². The number of amides is 2. The molecule has 106 valence electrons. The van der Waals surface area contributed by atoms with Crippen molar-refractivity contribution in [3.8, 4) is 6.07 Å². The number of anilines is 2. The number of fused-ring (bicyclic) bond motifs is 1. The molecule has 1 aromatic heterocycles. The summed E-state index contributed by atoms with van der Waals surface area (Å²) in [4.78, 5) is 16.4. The molecular formula is C17H12N4O. The highest BCUT2D eigenvalue weighted by atomic mass is 16.2. The predicted molar refractivity (Wildman–Crippen MR) is 85.5 cm³/mol. The summed E-state index contributed by atoms with van der Waals surface area (Å²) in [5.41, 5.74) is 2.41. The van der Waals surface area contributed by atoms with Crippen molar-refractivity contribution >= 4 is 28.3 Å². The Morgan fingerprint density at radius 2 is 1.86 bits per heavy atom. The van der Waals surface area contributed by atoms with Crippen LogP contribution in [0, 0.1) is 11.3 Å². The predicted octanol–water partition coefficient (Wildman–Crippen LogP) is 3.75. The van der Waals surface area contributed by atoms with Crippen LogP contribution in [-0.2, 0) is 0 Å². The number of nitriles is 1. The Morgan fingerprint density at radius 3 is 2.73 bits per heavy atom. The molecule has 0 aliphatic carbocycles. The summed E-state index contributed by atoms with van der Waals surface area (Å²) in [5, 5.41) is 15.3. The van der Waals surface area contributed by atoms with Crippen molar-refractivity contribution < 1.29 is 4.79 Å². The summed E-state index contributed by atoms with van der Waals surface area (Å²) in [7, 11) is 0. The molecule has 5 heteroatoms. The lowest BCUT2D eigenvalue weighted by atomic mass is 10.2. The van der Waals surface area contributed by atoms with E-state index in [2.05, 4.69) is 15.6 Å². The maximum atomic E-state index is 12.1. The summed E-state index contributed by atoms with van der Waals surface area (Å²) >= 11 is 0. The van der Waals surface area contributed by atoms with E-state index < -0.39 is 0 Å². The van der Waals surface area contributed by atoms with Crippen LogP contribution < -0.4 is 10.6 Å². The second kappa shape index (κ2) is 5.94. The first-order valence-electron chi connectivity index (χ1n) is 6.68. The summed E-state index contributed by atoms with van der Waals surface area (Å²) in [6, 6.07) is 17.7. The first-order chi connectivity index (χ1) is 10.8. The van der Waals surface area contributed by atoms with Crippen molar-refractivity contribution in [3.63, 3.8) is 0 Å². The minimum Gasteiger partial charge on any atom is -0.308 e. The molecule has 2 aromatic carbocycles. The smallest absolute Gasteiger partial charge is 0.308 e. The van der Waals surface area contributed by atoms with Crippen LogP contribution in [0.15, 0.2) is 60.8 Å². The number of rotatable bonds is 2. The number of hydrogen-bond acceptors (Lipinski definition) is 3. The first-order valence-corrected chi connectivity index (χ1v) is 6.68. The molecule has 0 unspecified atom stereocenters. The maximum absolute atomic E-state index is 12.1. The molecular weight excluding hydrogens is 276 g/mol. The van der Waals surface area contributed by atoms with Crippen molar-refractivity contribution in [1.82, 2.24) is 4.98 Å². The van der Waals surface area contributed by atoms with Crippen molar-refractivity contribution in [2.75, 3.05) is 10.6 Å². The first kappa shape index (κ1) is 13.6. The van der Waals surface area contributed by atoms with E-state index in [9.17, 15) is 4.79 Å². The molecule has 0 saturated heterocycles. The SMILES string of the molecule is N#Cc1cccc(NC(=O)Nc2cccc3cccnc23)c1. The molecule has 3 aromatic rings. The molecule has 0 fully saturated rings. The van der Waals surface area contributed by atoms with Gasteiger partial charge in [-0.15, -0.1) is 0 Å². The highest BCUT2D eigenvalue weighted by molar-refractivity contribution is 6.05. The zero-order valence-corrected chi connectivity index (χ0v) is 11.6. The molecule has 5 nitrogen and oxygen atoms in total. The minimum atomic E-state index is -0.381. The highest BCUT2D eigenvalue weighted by Crippen LogP contribution is 2.21. The second-order valence-electron chi connectivity index (χ2n) is 4.65. The van der Waals surface area contributed by atoms with Crippen molar-refractivity contribution in [3.05, 3.63) is 66.4 Å². The number of pyridine rings is 1. The van der Waals surface area contributed by atoms with E-state index >= 15 is 0 Å². The zero-order valence-electron chi connectivity index (χ0n) is 11.6. The molecule has 0 spiro atoms. The topological polar surface area (TPSA) is 77.8 Å². The number of hydrogen-bond donors (Lipinski definition) is 2. The van der Waals surface area contributed by atoms with Crippen LogP contribution in [0.4, 0.5) is 16.2 Å². The fraction of sp³-hybridized carbons (Fsp3) is 0. The van der Waals surface area contributed by atoms with Crippen molar-refractivity contribution in [1.29, 1.82) is 5.26 Å². The summed E-state index contributed by atoms with van der Waals surface area (Å²) in [6.07, 6.45) is 1.68. The normalized spacial score (nSPS) is 9.95. The summed E-state index contributed by atoms with van der Waals surface area (Å²) in [6.45, 7) is 0. The van der Waals surface area contributed by atoms with Crippen LogP contribution in [0.5, 0.6) is 0 Å². The molecule has 22 heavy (non-hydrogen) atoms. The van der Waals surface area contributed by atoms with Gasteiger partial charge in [-0.2, -0.15) is 5.26 Å². The molecule has 1 heterocycles. The molecule has 0 atom stereocenters. The summed E-state index contributed by atoms with van der Waals surface area (Å²) in [5.74, 6) is 0. The number of benzene rings is 2. The van der Waals surface area contributed by atoms with E-state index in [0.717, 1.165) is 10.9 Å². The van der Waals surface area contributed by atoms with E-state index in [1.807, 2.05) is 30.3 Å². The van der Waals surface area contributed by atoms with E-state index in [-0.39, 0.29) is 6.03 Å². The quantitative estimate of drug-likeness (QED) is 0.753.